The molecule has 0 aliphatic rings. The summed E-state index contributed by atoms with van der Waals surface area (Å²) in [6.07, 6.45) is 4.75. The van der Waals surface area contributed by atoms with Crippen LogP contribution in [-0.4, -0.2) is 24.8 Å². The zero-order valence-electron chi connectivity index (χ0n) is 9.03. The maximum atomic E-state index is 11.0. The number of allylic oxidation sites excluding steroid dienone is 1. The van der Waals surface area contributed by atoms with Gasteiger partial charge in [-0.15, -0.1) is 0 Å². The highest BCUT2D eigenvalue weighted by Crippen LogP contribution is 2.07. The van der Waals surface area contributed by atoms with Crippen molar-refractivity contribution in [3.8, 4) is 0 Å². The van der Waals surface area contributed by atoms with E-state index in [4.69, 9.17) is 4.74 Å². The third-order valence-electron chi connectivity index (χ3n) is 2.10. The predicted molar refractivity (Wildman–Crippen MR) is 55.1 cm³/mol. The highest BCUT2D eigenvalue weighted by Gasteiger charge is 2.20. The van der Waals surface area contributed by atoms with E-state index in [9.17, 15) is 9.59 Å². The van der Waals surface area contributed by atoms with E-state index in [0.29, 0.717) is 12.9 Å². The van der Waals surface area contributed by atoms with Crippen LogP contribution in [0.3, 0.4) is 0 Å². The molecule has 0 fully saturated rings. The number of aldehydes is 1. The molecule has 0 aromatic heterocycles. The number of hydrogen-bond acceptors (Lipinski definition) is 3. The highest BCUT2D eigenvalue weighted by atomic mass is 16.5. The number of carbonyl (C=O) groups excluding carboxylic acids is 2. The van der Waals surface area contributed by atoms with Crippen molar-refractivity contribution in [2.45, 2.75) is 33.3 Å². The summed E-state index contributed by atoms with van der Waals surface area (Å²) in [6.45, 7) is 5.58. The summed E-state index contributed by atoms with van der Waals surface area (Å²) in [4.78, 5) is 21.6. The molecule has 2 unspecified atom stereocenters. The maximum absolute atomic E-state index is 11.0. The third-order valence-corrected chi connectivity index (χ3v) is 2.10. The van der Waals surface area contributed by atoms with Crippen LogP contribution in [0, 0.1) is 5.92 Å². The number of ether oxygens (including phenoxy) is 1. The van der Waals surface area contributed by atoms with Crippen molar-refractivity contribution in [3.63, 3.8) is 0 Å². The molecule has 3 heteroatoms. The van der Waals surface area contributed by atoms with E-state index in [1.807, 2.05) is 19.1 Å². The topological polar surface area (TPSA) is 43.4 Å². The Labute approximate surface area is 85.1 Å². The minimum absolute atomic E-state index is 0.0202. The van der Waals surface area contributed by atoms with Gasteiger partial charge in [0.1, 0.15) is 18.2 Å². The fourth-order valence-electron chi connectivity index (χ4n) is 0.972. The molecule has 80 valence electrons. The lowest BCUT2D eigenvalue weighted by atomic mass is 10.0. The van der Waals surface area contributed by atoms with Gasteiger partial charge in [-0.2, -0.15) is 0 Å². The third kappa shape index (κ3) is 4.92. The van der Waals surface area contributed by atoms with Crippen LogP contribution >= 0.6 is 0 Å². The van der Waals surface area contributed by atoms with Crippen molar-refractivity contribution in [2.75, 3.05) is 6.61 Å². The molecule has 0 spiro atoms. The Balaban J connectivity index is 3.90. The molecule has 0 rings (SSSR count). The number of rotatable bonds is 7. The molecule has 14 heavy (non-hydrogen) atoms. The molecule has 2 atom stereocenters. The lowest BCUT2D eigenvalue weighted by Gasteiger charge is -2.16. The molecule has 0 saturated carbocycles. The Kier molecular flexibility index (Phi) is 6.93. The molecular formula is C11H18O3. The first-order chi connectivity index (χ1) is 6.63. The lowest BCUT2D eigenvalue weighted by Crippen LogP contribution is -2.28. The average Bonchev–Trinajstić information content (AvgIpc) is 2.17. The molecule has 0 heterocycles. The smallest absolute Gasteiger partial charge is 0.149 e. The van der Waals surface area contributed by atoms with Crippen LogP contribution < -0.4 is 0 Å². The fourth-order valence-corrected chi connectivity index (χ4v) is 0.972. The van der Waals surface area contributed by atoms with Gasteiger partial charge in [-0.1, -0.05) is 19.1 Å². The number of ketones is 1. The Hall–Kier alpha value is -0.960. The summed E-state index contributed by atoms with van der Waals surface area (Å²) in [5.74, 6) is -0.369. The number of hydrogen-bond donors (Lipinski definition) is 0. The van der Waals surface area contributed by atoms with E-state index in [0.717, 1.165) is 6.42 Å². The summed E-state index contributed by atoms with van der Waals surface area (Å²) in [6, 6.07) is 0. The molecule has 0 N–H and O–H groups in total. The first-order valence-electron chi connectivity index (χ1n) is 4.82. The fraction of sp³-hybridized carbons (Fsp3) is 0.636. The summed E-state index contributed by atoms with van der Waals surface area (Å²) >= 11 is 0. The van der Waals surface area contributed by atoms with Gasteiger partial charge in [0.15, 0.2) is 0 Å². The predicted octanol–water partition coefficient (Wildman–Crippen LogP) is 1.76. The molecule has 0 aliphatic carbocycles. The molecule has 0 aromatic rings. The van der Waals surface area contributed by atoms with Gasteiger partial charge >= 0.3 is 0 Å². The van der Waals surface area contributed by atoms with E-state index < -0.39 is 6.10 Å². The maximum Gasteiger partial charge on any atom is 0.149 e. The molecule has 0 saturated heterocycles. The SMILES string of the molecule is CC=CCCOC(C=O)C(C)C(C)=O. The Morgan fingerprint density at radius 3 is 2.57 bits per heavy atom. The normalized spacial score (nSPS) is 15.4. The summed E-state index contributed by atoms with van der Waals surface area (Å²) in [5.41, 5.74) is 0. The molecule has 0 radical (unpaired) electrons. The van der Waals surface area contributed by atoms with E-state index in [1.54, 1.807) is 6.92 Å². The molecule has 0 aromatic carbocycles. The molecule has 0 amide bonds. The Morgan fingerprint density at radius 2 is 2.14 bits per heavy atom. The van der Waals surface area contributed by atoms with Gasteiger partial charge in [0.2, 0.25) is 0 Å². The Morgan fingerprint density at radius 1 is 1.50 bits per heavy atom. The van der Waals surface area contributed by atoms with Gasteiger partial charge in [0, 0.05) is 5.92 Å². The molecule has 3 nitrogen and oxygen atoms in total. The monoisotopic (exact) mass is 198 g/mol. The quantitative estimate of drug-likeness (QED) is 0.355. The van der Waals surface area contributed by atoms with Crippen LogP contribution in [0.25, 0.3) is 0 Å². The summed E-state index contributed by atoms with van der Waals surface area (Å²) < 4.78 is 5.28. The van der Waals surface area contributed by atoms with Crippen LogP contribution in [0.15, 0.2) is 12.2 Å². The minimum Gasteiger partial charge on any atom is -0.370 e. The van der Waals surface area contributed by atoms with Crippen LogP contribution in [0.5, 0.6) is 0 Å². The van der Waals surface area contributed by atoms with Crippen molar-refractivity contribution in [3.05, 3.63) is 12.2 Å². The van der Waals surface area contributed by atoms with Crippen molar-refractivity contribution in [2.24, 2.45) is 5.92 Å². The minimum atomic E-state index is -0.599. The molecular weight excluding hydrogens is 180 g/mol. The largest absolute Gasteiger partial charge is 0.370 e. The van der Waals surface area contributed by atoms with Crippen molar-refractivity contribution >= 4 is 12.1 Å². The first kappa shape index (κ1) is 13.0. The second-order valence-electron chi connectivity index (χ2n) is 3.23. The van der Waals surface area contributed by atoms with Crippen molar-refractivity contribution in [1.29, 1.82) is 0 Å². The van der Waals surface area contributed by atoms with E-state index >= 15 is 0 Å². The lowest BCUT2D eigenvalue weighted by molar-refractivity contribution is -0.132. The zero-order chi connectivity index (χ0) is 11.0. The van der Waals surface area contributed by atoms with Crippen molar-refractivity contribution in [1.82, 2.24) is 0 Å². The van der Waals surface area contributed by atoms with E-state index in [-0.39, 0.29) is 11.7 Å². The van der Waals surface area contributed by atoms with Crippen LogP contribution in [0.4, 0.5) is 0 Å². The molecule has 0 aliphatic heterocycles. The first-order valence-corrected chi connectivity index (χ1v) is 4.82. The van der Waals surface area contributed by atoms with E-state index in [2.05, 4.69) is 0 Å². The van der Waals surface area contributed by atoms with Crippen LogP contribution in [-0.2, 0) is 14.3 Å². The van der Waals surface area contributed by atoms with Gasteiger partial charge < -0.3 is 9.53 Å². The number of carbonyl (C=O) groups is 2. The summed E-state index contributed by atoms with van der Waals surface area (Å²) in [5, 5.41) is 0. The molecule has 0 bridgehead atoms. The average molecular weight is 198 g/mol. The second-order valence-corrected chi connectivity index (χ2v) is 3.23. The highest BCUT2D eigenvalue weighted by molar-refractivity contribution is 5.82. The van der Waals surface area contributed by atoms with Gasteiger partial charge in [0.25, 0.3) is 0 Å². The van der Waals surface area contributed by atoms with Crippen molar-refractivity contribution < 1.29 is 14.3 Å². The van der Waals surface area contributed by atoms with Crippen LogP contribution in [0.2, 0.25) is 0 Å². The van der Waals surface area contributed by atoms with E-state index in [1.165, 1.54) is 6.92 Å². The second kappa shape index (κ2) is 7.44. The standard InChI is InChI=1S/C11H18O3/c1-4-5-6-7-14-11(8-12)9(2)10(3)13/h4-5,8-9,11H,6-7H2,1-3H3. The number of Topliss-reactive ketones (excluding diaryl/α,β-unsaturated/α-hetero) is 1. The Bertz CT molecular complexity index is 209. The van der Waals surface area contributed by atoms with Gasteiger partial charge in [0.05, 0.1) is 6.61 Å². The summed E-state index contributed by atoms with van der Waals surface area (Å²) in [7, 11) is 0. The van der Waals surface area contributed by atoms with Gasteiger partial charge in [-0.3, -0.25) is 4.79 Å². The zero-order valence-corrected chi connectivity index (χ0v) is 9.03. The van der Waals surface area contributed by atoms with Gasteiger partial charge in [-0.25, -0.2) is 0 Å². The van der Waals surface area contributed by atoms with Crippen LogP contribution in [0.1, 0.15) is 27.2 Å². The van der Waals surface area contributed by atoms with Gasteiger partial charge in [-0.05, 0) is 20.3 Å².